The Morgan fingerprint density at radius 3 is 2.67 bits per heavy atom. The van der Waals surface area contributed by atoms with Crippen LogP contribution in [0.5, 0.6) is 0 Å². The summed E-state index contributed by atoms with van der Waals surface area (Å²) < 4.78 is 25.3. The van der Waals surface area contributed by atoms with Crippen molar-refractivity contribution in [3.05, 3.63) is 29.6 Å². The van der Waals surface area contributed by atoms with E-state index in [9.17, 15) is 8.78 Å². The van der Waals surface area contributed by atoms with Gasteiger partial charge < -0.3 is 0 Å². The standard InChI is InChI=1S/C8H10F2NP/c1-2-6-4-3-5-7(11-6)8(9,10)12/h3-5H,2,12H2,1H3. The lowest BCUT2D eigenvalue weighted by Gasteiger charge is -2.09. The van der Waals surface area contributed by atoms with Gasteiger partial charge in [-0.1, -0.05) is 22.2 Å². The highest BCUT2D eigenvalue weighted by Gasteiger charge is 2.25. The van der Waals surface area contributed by atoms with Gasteiger partial charge in [-0.25, -0.2) is 0 Å². The van der Waals surface area contributed by atoms with E-state index >= 15 is 0 Å². The van der Waals surface area contributed by atoms with Crippen molar-refractivity contribution >= 4 is 9.24 Å². The molecular formula is C8H10F2NP. The van der Waals surface area contributed by atoms with Gasteiger partial charge in [-0.05, 0) is 18.6 Å². The van der Waals surface area contributed by atoms with E-state index in [1.165, 1.54) is 15.3 Å². The Morgan fingerprint density at radius 2 is 2.17 bits per heavy atom. The monoisotopic (exact) mass is 189 g/mol. The maximum absolute atomic E-state index is 12.7. The molecule has 1 nitrogen and oxygen atoms in total. The van der Waals surface area contributed by atoms with Crippen molar-refractivity contribution in [1.82, 2.24) is 4.98 Å². The molecule has 1 atom stereocenters. The fourth-order valence-corrected chi connectivity index (χ4v) is 1.02. The summed E-state index contributed by atoms with van der Waals surface area (Å²) in [5.41, 5.74) is -2.41. The van der Waals surface area contributed by atoms with Gasteiger partial charge in [0.15, 0.2) is 0 Å². The fourth-order valence-electron chi connectivity index (χ4n) is 0.862. The minimum absolute atomic E-state index is 0.188. The maximum Gasteiger partial charge on any atom is 0.300 e. The van der Waals surface area contributed by atoms with E-state index < -0.39 is 5.66 Å². The molecule has 1 rings (SSSR count). The van der Waals surface area contributed by atoms with E-state index in [0.29, 0.717) is 12.1 Å². The van der Waals surface area contributed by atoms with Crippen LogP contribution in [0.1, 0.15) is 18.3 Å². The van der Waals surface area contributed by atoms with Crippen LogP contribution < -0.4 is 0 Å². The number of aryl methyl sites for hydroxylation is 1. The molecule has 0 spiro atoms. The minimum atomic E-state index is -2.91. The summed E-state index contributed by atoms with van der Waals surface area (Å²) >= 11 is 0. The summed E-state index contributed by atoms with van der Waals surface area (Å²) in [6, 6.07) is 4.66. The predicted molar refractivity (Wildman–Crippen MR) is 47.2 cm³/mol. The molecule has 1 unspecified atom stereocenters. The number of hydrogen-bond acceptors (Lipinski definition) is 1. The molecule has 0 amide bonds. The van der Waals surface area contributed by atoms with Gasteiger partial charge >= 0.3 is 0 Å². The van der Waals surface area contributed by atoms with Crippen LogP contribution in [0.2, 0.25) is 0 Å². The third-order valence-corrected chi connectivity index (χ3v) is 1.81. The van der Waals surface area contributed by atoms with Crippen molar-refractivity contribution < 1.29 is 8.78 Å². The Kier molecular flexibility index (Phi) is 2.73. The average molecular weight is 189 g/mol. The lowest BCUT2D eigenvalue weighted by Crippen LogP contribution is -2.06. The van der Waals surface area contributed by atoms with Crippen molar-refractivity contribution in [1.29, 1.82) is 0 Å². The van der Waals surface area contributed by atoms with Gasteiger partial charge in [0.2, 0.25) is 0 Å². The molecule has 1 aromatic rings. The van der Waals surface area contributed by atoms with Crippen LogP contribution in [0, 0.1) is 0 Å². The molecule has 0 bridgehead atoms. The number of aromatic nitrogens is 1. The predicted octanol–water partition coefficient (Wildman–Crippen LogP) is 2.57. The van der Waals surface area contributed by atoms with Crippen molar-refractivity contribution in [3.63, 3.8) is 0 Å². The van der Waals surface area contributed by atoms with Gasteiger partial charge in [-0.3, -0.25) is 4.98 Å². The Balaban J connectivity index is 3.02. The van der Waals surface area contributed by atoms with Crippen LogP contribution in [-0.4, -0.2) is 4.98 Å². The summed E-state index contributed by atoms with van der Waals surface area (Å²) in [5, 5.41) is 0. The van der Waals surface area contributed by atoms with Gasteiger partial charge in [0, 0.05) is 5.69 Å². The van der Waals surface area contributed by atoms with E-state index in [2.05, 4.69) is 4.98 Å². The zero-order valence-corrected chi connectivity index (χ0v) is 7.87. The zero-order valence-electron chi connectivity index (χ0n) is 6.72. The molecule has 0 saturated carbocycles. The van der Waals surface area contributed by atoms with Crippen LogP contribution in [-0.2, 0) is 12.1 Å². The number of hydrogen-bond donors (Lipinski definition) is 0. The summed E-state index contributed by atoms with van der Waals surface area (Å²) in [6.45, 7) is 1.88. The van der Waals surface area contributed by atoms with Gasteiger partial charge in [0.25, 0.3) is 5.66 Å². The molecular weight excluding hydrogens is 179 g/mol. The molecule has 0 aliphatic rings. The smallest absolute Gasteiger partial charge is 0.251 e. The van der Waals surface area contributed by atoms with Crippen LogP contribution in [0.15, 0.2) is 18.2 Å². The van der Waals surface area contributed by atoms with E-state index in [4.69, 9.17) is 0 Å². The number of rotatable bonds is 2. The normalized spacial score (nSPS) is 11.7. The molecule has 0 radical (unpaired) electrons. The quantitative estimate of drug-likeness (QED) is 0.651. The SMILES string of the molecule is CCc1cccc(C(F)(F)P)n1. The molecule has 66 valence electrons. The molecule has 0 N–H and O–H groups in total. The third-order valence-electron chi connectivity index (χ3n) is 1.51. The fraction of sp³-hybridized carbons (Fsp3) is 0.375. The van der Waals surface area contributed by atoms with Crippen LogP contribution in [0.25, 0.3) is 0 Å². The second kappa shape index (κ2) is 3.44. The van der Waals surface area contributed by atoms with Gasteiger partial charge in [-0.2, -0.15) is 8.78 Å². The van der Waals surface area contributed by atoms with Crippen LogP contribution >= 0.6 is 9.24 Å². The lowest BCUT2D eigenvalue weighted by atomic mass is 10.2. The molecule has 0 fully saturated rings. The van der Waals surface area contributed by atoms with E-state index in [1.54, 1.807) is 12.1 Å². The zero-order chi connectivity index (χ0) is 9.19. The molecule has 0 aromatic carbocycles. The maximum atomic E-state index is 12.7. The molecule has 0 saturated heterocycles. The van der Waals surface area contributed by atoms with Crippen molar-refractivity contribution in [2.45, 2.75) is 19.0 Å². The summed E-state index contributed by atoms with van der Waals surface area (Å²) in [7, 11) is 1.48. The van der Waals surface area contributed by atoms with Crippen molar-refractivity contribution in [3.8, 4) is 0 Å². The summed E-state index contributed by atoms with van der Waals surface area (Å²) in [6.07, 6.45) is 0.675. The van der Waals surface area contributed by atoms with Crippen LogP contribution in [0.3, 0.4) is 0 Å². The Bertz CT molecular complexity index is 270. The number of pyridine rings is 1. The topological polar surface area (TPSA) is 12.9 Å². The second-order valence-corrected chi connectivity index (χ2v) is 3.22. The highest BCUT2D eigenvalue weighted by atomic mass is 31.0. The summed E-state index contributed by atoms with van der Waals surface area (Å²) in [5.74, 6) is 0. The third kappa shape index (κ3) is 2.21. The first-order chi connectivity index (χ1) is 5.54. The molecule has 12 heavy (non-hydrogen) atoms. The molecule has 0 aliphatic carbocycles. The number of alkyl halides is 2. The summed E-state index contributed by atoms with van der Waals surface area (Å²) in [4.78, 5) is 3.79. The van der Waals surface area contributed by atoms with Gasteiger partial charge in [-0.15, -0.1) is 0 Å². The lowest BCUT2D eigenvalue weighted by molar-refractivity contribution is 0.0984. The van der Waals surface area contributed by atoms with E-state index in [1.807, 2.05) is 6.92 Å². The number of nitrogens with zero attached hydrogens (tertiary/aromatic N) is 1. The molecule has 0 aliphatic heterocycles. The Hall–Kier alpha value is -0.560. The average Bonchev–Trinajstić information content (AvgIpc) is 2.03. The highest BCUT2D eigenvalue weighted by molar-refractivity contribution is 7.17. The first-order valence-corrected chi connectivity index (χ1v) is 4.25. The largest absolute Gasteiger partial charge is 0.300 e. The van der Waals surface area contributed by atoms with Gasteiger partial charge in [0.1, 0.15) is 5.69 Å². The minimum Gasteiger partial charge on any atom is -0.251 e. The Labute approximate surface area is 72.4 Å². The van der Waals surface area contributed by atoms with E-state index in [-0.39, 0.29) is 5.69 Å². The first-order valence-electron chi connectivity index (χ1n) is 3.67. The first kappa shape index (κ1) is 9.53. The van der Waals surface area contributed by atoms with Crippen molar-refractivity contribution in [2.24, 2.45) is 0 Å². The number of halogens is 2. The van der Waals surface area contributed by atoms with Gasteiger partial charge in [0.05, 0.1) is 0 Å². The molecule has 1 aromatic heterocycles. The highest BCUT2D eigenvalue weighted by Crippen LogP contribution is 2.33. The van der Waals surface area contributed by atoms with E-state index in [0.717, 1.165) is 0 Å². The molecule has 4 heteroatoms. The molecule has 1 heterocycles. The second-order valence-electron chi connectivity index (χ2n) is 2.49. The Morgan fingerprint density at radius 1 is 1.50 bits per heavy atom. The van der Waals surface area contributed by atoms with Crippen LogP contribution in [0.4, 0.5) is 8.78 Å². The van der Waals surface area contributed by atoms with Crippen molar-refractivity contribution in [2.75, 3.05) is 0 Å².